The van der Waals surface area contributed by atoms with E-state index < -0.39 is 0 Å². The summed E-state index contributed by atoms with van der Waals surface area (Å²) in [5.41, 5.74) is 4.66. The minimum Gasteiger partial charge on any atom is -0.342 e. The summed E-state index contributed by atoms with van der Waals surface area (Å²) in [5.74, 6) is -0.236. The van der Waals surface area contributed by atoms with E-state index >= 15 is 0 Å². The maximum Gasteiger partial charge on any atom is 0.293 e. The van der Waals surface area contributed by atoms with Crippen molar-refractivity contribution in [1.29, 1.82) is 5.26 Å². The number of hydrogen-bond donors (Lipinski definition) is 0. The largest absolute Gasteiger partial charge is 0.342 e. The second kappa shape index (κ2) is 10.0. The number of thioether (sulfide) groups is 1. The van der Waals surface area contributed by atoms with E-state index in [1.807, 2.05) is 79.0 Å². The van der Waals surface area contributed by atoms with Gasteiger partial charge in [0.25, 0.3) is 11.1 Å². The van der Waals surface area contributed by atoms with Gasteiger partial charge in [0.2, 0.25) is 0 Å². The molecule has 0 aliphatic carbocycles. The van der Waals surface area contributed by atoms with Crippen LogP contribution in [0.15, 0.2) is 90.0 Å². The van der Waals surface area contributed by atoms with Crippen LogP contribution in [0.5, 0.6) is 0 Å². The van der Waals surface area contributed by atoms with Gasteiger partial charge in [0.05, 0.1) is 16.5 Å². The van der Waals surface area contributed by atoms with Gasteiger partial charge in [-0.3, -0.25) is 14.5 Å². The highest BCUT2D eigenvalue weighted by atomic mass is 32.2. The van der Waals surface area contributed by atoms with Crippen LogP contribution in [0.25, 0.3) is 17.0 Å². The quantitative estimate of drug-likeness (QED) is 0.296. The summed E-state index contributed by atoms with van der Waals surface area (Å²) in [4.78, 5) is 27.4. The highest BCUT2D eigenvalue weighted by Gasteiger charge is 2.34. The van der Waals surface area contributed by atoms with Crippen molar-refractivity contribution in [3.05, 3.63) is 112 Å². The van der Waals surface area contributed by atoms with E-state index in [0.717, 1.165) is 46.6 Å². The zero-order chi connectivity index (χ0) is 24.2. The van der Waals surface area contributed by atoms with Crippen molar-refractivity contribution in [2.75, 3.05) is 6.54 Å². The van der Waals surface area contributed by atoms with Crippen molar-refractivity contribution in [2.45, 2.75) is 19.4 Å². The maximum atomic E-state index is 13.1. The van der Waals surface area contributed by atoms with Gasteiger partial charge in [-0.15, -0.1) is 0 Å². The summed E-state index contributed by atoms with van der Waals surface area (Å²) >= 11 is 0.997. The van der Waals surface area contributed by atoms with E-state index in [-0.39, 0.29) is 11.1 Å². The molecule has 6 heteroatoms. The van der Waals surface area contributed by atoms with Crippen molar-refractivity contribution >= 4 is 39.9 Å². The number of hydrogen-bond acceptors (Lipinski definition) is 4. The molecule has 0 bridgehead atoms. The van der Waals surface area contributed by atoms with Crippen LogP contribution in [0.1, 0.15) is 28.7 Å². The van der Waals surface area contributed by atoms with Gasteiger partial charge in [-0.05, 0) is 53.9 Å². The lowest BCUT2D eigenvalue weighted by Gasteiger charge is -2.12. The van der Waals surface area contributed by atoms with Crippen molar-refractivity contribution in [1.82, 2.24) is 9.47 Å². The first-order chi connectivity index (χ1) is 17.1. The molecule has 0 atom stereocenters. The molecule has 0 saturated carbocycles. The number of para-hydroxylation sites is 1. The van der Waals surface area contributed by atoms with Crippen LogP contribution >= 0.6 is 11.8 Å². The predicted molar refractivity (Wildman–Crippen MR) is 140 cm³/mol. The van der Waals surface area contributed by atoms with Gasteiger partial charge in [-0.1, -0.05) is 66.7 Å². The summed E-state index contributed by atoms with van der Waals surface area (Å²) in [6.45, 7) is 0.947. The Labute approximate surface area is 208 Å². The molecular formula is C29H23N3O2S. The number of nitrogens with zero attached hydrogens (tertiary/aromatic N) is 3. The fourth-order valence-electron chi connectivity index (χ4n) is 4.39. The van der Waals surface area contributed by atoms with E-state index in [4.69, 9.17) is 0 Å². The molecule has 5 nitrogen and oxygen atoms in total. The summed E-state index contributed by atoms with van der Waals surface area (Å²) in [5, 5.41) is 10.2. The number of nitriles is 1. The molecule has 3 aromatic carbocycles. The highest BCUT2D eigenvalue weighted by Crippen LogP contribution is 2.34. The summed E-state index contributed by atoms with van der Waals surface area (Å²) in [6.07, 6.45) is 5.35. The second-order valence-corrected chi connectivity index (χ2v) is 9.41. The zero-order valence-electron chi connectivity index (χ0n) is 19.1. The molecule has 2 amide bonds. The predicted octanol–water partition coefficient (Wildman–Crippen LogP) is 6.23. The lowest BCUT2D eigenvalue weighted by atomic mass is 10.1. The summed E-state index contributed by atoms with van der Waals surface area (Å²) in [7, 11) is 0. The Hall–Kier alpha value is -4.08. The zero-order valence-corrected chi connectivity index (χ0v) is 19.9. The smallest absolute Gasteiger partial charge is 0.293 e. The van der Waals surface area contributed by atoms with Crippen LogP contribution in [0, 0.1) is 11.3 Å². The standard InChI is InChI=1S/C29H23N3O2S/c30-18-22-12-4-5-13-23(22)19-31-20-24(25-14-6-7-15-26(25)31)17-27-28(33)32(29(34)35-27)16-8-11-21-9-2-1-3-10-21/h1-7,9-10,12-15,17,20H,8,11,16,19H2/b27-17+. The first kappa shape index (κ1) is 22.7. The molecule has 1 aromatic heterocycles. The number of amides is 2. The van der Waals surface area contributed by atoms with Gasteiger partial charge >= 0.3 is 0 Å². The average molecular weight is 478 g/mol. The molecule has 1 aliphatic rings. The Balaban J connectivity index is 1.38. The first-order valence-corrected chi connectivity index (χ1v) is 12.3. The normalized spacial score (nSPS) is 14.7. The molecular weight excluding hydrogens is 454 g/mol. The van der Waals surface area contributed by atoms with Gasteiger partial charge in [-0.25, -0.2) is 0 Å². The lowest BCUT2D eigenvalue weighted by Crippen LogP contribution is -2.29. The maximum absolute atomic E-state index is 13.1. The van der Waals surface area contributed by atoms with Gasteiger partial charge in [0.15, 0.2) is 0 Å². The number of imide groups is 1. The third-order valence-electron chi connectivity index (χ3n) is 6.15. The van der Waals surface area contributed by atoms with Crippen molar-refractivity contribution < 1.29 is 9.59 Å². The van der Waals surface area contributed by atoms with Crippen molar-refractivity contribution in [3.8, 4) is 6.07 Å². The van der Waals surface area contributed by atoms with Crippen molar-refractivity contribution in [3.63, 3.8) is 0 Å². The molecule has 5 rings (SSSR count). The summed E-state index contributed by atoms with van der Waals surface area (Å²) < 4.78 is 2.08. The van der Waals surface area contributed by atoms with E-state index in [1.54, 1.807) is 0 Å². The molecule has 1 aliphatic heterocycles. The number of benzene rings is 3. The highest BCUT2D eigenvalue weighted by molar-refractivity contribution is 8.18. The van der Waals surface area contributed by atoms with Crippen LogP contribution in [-0.4, -0.2) is 27.2 Å². The van der Waals surface area contributed by atoms with Gasteiger partial charge in [0.1, 0.15) is 0 Å². The van der Waals surface area contributed by atoms with Crippen LogP contribution in [-0.2, 0) is 17.8 Å². The van der Waals surface area contributed by atoms with Crippen LogP contribution in [0.3, 0.4) is 0 Å². The van der Waals surface area contributed by atoms with Crippen LogP contribution in [0.2, 0.25) is 0 Å². The lowest BCUT2D eigenvalue weighted by molar-refractivity contribution is -0.122. The molecule has 0 radical (unpaired) electrons. The molecule has 1 fully saturated rings. The monoisotopic (exact) mass is 477 g/mol. The topological polar surface area (TPSA) is 66.1 Å². The SMILES string of the molecule is N#Cc1ccccc1Cn1cc(/C=C2/SC(=O)N(CCCc3ccccc3)C2=O)c2ccccc21. The Kier molecular flexibility index (Phi) is 6.51. The number of rotatable bonds is 7. The Morgan fingerprint density at radius 3 is 2.49 bits per heavy atom. The molecule has 0 spiro atoms. The van der Waals surface area contributed by atoms with E-state index in [9.17, 15) is 14.9 Å². The van der Waals surface area contributed by atoms with Gasteiger partial charge in [-0.2, -0.15) is 5.26 Å². The number of carbonyl (C=O) groups excluding carboxylic acids is 2. The number of fused-ring (bicyclic) bond motifs is 1. The molecule has 1 saturated heterocycles. The Morgan fingerprint density at radius 1 is 0.914 bits per heavy atom. The minimum atomic E-state index is -0.236. The number of aromatic nitrogens is 1. The van der Waals surface area contributed by atoms with Crippen LogP contribution in [0.4, 0.5) is 4.79 Å². The number of aryl methyl sites for hydroxylation is 1. The second-order valence-electron chi connectivity index (χ2n) is 8.42. The molecule has 2 heterocycles. The fraction of sp³-hybridized carbons (Fsp3) is 0.138. The molecule has 35 heavy (non-hydrogen) atoms. The molecule has 4 aromatic rings. The molecule has 0 unspecified atom stereocenters. The van der Waals surface area contributed by atoms with E-state index in [1.165, 1.54) is 10.5 Å². The van der Waals surface area contributed by atoms with Gasteiger partial charge in [0, 0.05) is 35.8 Å². The third-order valence-corrected chi connectivity index (χ3v) is 7.06. The van der Waals surface area contributed by atoms with Crippen molar-refractivity contribution in [2.24, 2.45) is 0 Å². The van der Waals surface area contributed by atoms with E-state index in [2.05, 4.69) is 22.8 Å². The van der Waals surface area contributed by atoms with Crippen LogP contribution < -0.4 is 0 Å². The third kappa shape index (κ3) is 4.77. The Morgan fingerprint density at radius 2 is 1.66 bits per heavy atom. The van der Waals surface area contributed by atoms with Gasteiger partial charge < -0.3 is 4.57 Å². The fourth-order valence-corrected chi connectivity index (χ4v) is 5.25. The summed E-state index contributed by atoms with van der Waals surface area (Å²) in [6, 6.07) is 27.8. The Bertz CT molecular complexity index is 1480. The first-order valence-electron chi connectivity index (χ1n) is 11.5. The average Bonchev–Trinajstić information content (AvgIpc) is 3.36. The molecule has 172 valence electrons. The number of carbonyl (C=O) groups is 2. The minimum absolute atomic E-state index is 0.221. The van der Waals surface area contributed by atoms with E-state index in [0.29, 0.717) is 23.6 Å². The molecule has 0 N–H and O–H groups in total.